The van der Waals surface area contributed by atoms with E-state index in [9.17, 15) is 13.0 Å². The van der Waals surface area contributed by atoms with Gasteiger partial charge in [0.05, 0.1) is 0 Å². The Morgan fingerprint density at radius 3 is 2.44 bits per heavy atom. The second-order valence-electron chi connectivity index (χ2n) is 7.72. The molecule has 6 nitrogen and oxygen atoms in total. The molecule has 32 heavy (non-hydrogen) atoms. The fourth-order valence-corrected chi connectivity index (χ4v) is 4.24. The first-order valence-corrected chi connectivity index (χ1v) is 11.9. The Kier molecular flexibility index (Phi) is 8.11. The minimum absolute atomic E-state index is 0.133. The van der Waals surface area contributed by atoms with Gasteiger partial charge in [0.15, 0.2) is 0 Å². The molecule has 2 N–H and O–H groups in total. The van der Waals surface area contributed by atoms with Crippen molar-refractivity contribution >= 4 is 78.1 Å². The first-order chi connectivity index (χ1) is 15.1. The zero-order valence-corrected chi connectivity index (χ0v) is 19.9. The Labute approximate surface area is 196 Å². The van der Waals surface area contributed by atoms with Crippen LogP contribution in [-0.4, -0.2) is 69.2 Å². The van der Waals surface area contributed by atoms with Crippen molar-refractivity contribution in [1.29, 1.82) is 0 Å². The molecule has 162 valence electrons. The maximum absolute atomic E-state index is 11.8. The number of nitrogens with zero attached hydrogens (tertiary/aromatic N) is 2. The summed E-state index contributed by atoms with van der Waals surface area (Å²) in [6, 6.07) is 12.4. The van der Waals surface area contributed by atoms with Crippen LogP contribution in [0.4, 0.5) is 0 Å². The number of thiol groups is 1. The molecule has 0 aliphatic carbocycles. The van der Waals surface area contributed by atoms with E-state index >= 15 is 0 Å². The van der Waals surface area contributed by atoms with Crippen molar-refractivity contribution in [2.75, 3.05) is 13.6 Å². The second kappa shape index (κ2) is 10.6. The van der Waals surface area contributed by atoms with Gasteiger partial charge in [0.25, 0.3) is 0 Å². The van der Waals surface area contributed by atoms with Gasteiger partial charge >= 0.3 is 197 Å². The third-order valence-corrected chi connectivity index (χ3v) is 6.23. The molecule has 0 bridgehead atoms. The van der Waals surface area contributed by atoms with E-state index in [1.54, 1.807) is 24.4 Å². The Hall–Kier alpha value is -2.20. The molecule has 2 aromatic rings. The molecule has 0 aromatic heterocycles. The Morgan fingerprint density at radius 1 is 1.19 bits per heavy atom. The van der Waals surface area contributed by atoms with Crippen LogP contribution in [0.5, 0.6) is 0 Å². The van der Waals surface area contributed by atoms with E-state index in [1.807, 2.05) is 56.0 Å². The van der Waals surface area contributed by atoms with Crippen molar-refractivity contribution in [2.45, 2.75) is 23.6 Å². The summed E-state index contributed by atoms with van der Waals surface area (Å²) in [5.41, 5.74) is 7.50. The van der Waals surface area contributed by atoms with Crippen LogP contribution in [0.25, 0.3) is 12.2 Å². The molecule has 0 saturated carbocycles. The van der Waals surface area contributed by atoms with Crippen LogP contribution in [0.2, 0.25) is 0 Å². The topological polar surface area (TPSA) is 82.0 Å². The molecule has 2 aliphatic heterocycles. The van der Waals surface area contributed by atoms with E-state index in [-0.39, 0.29) is 11.6 Å². The Balaban J connectivity index is 0.000000352. The third kappa shape index (κ3) is 6.65. The predicted molar refractivity (Wildman–Crippen MR) is 141 cm³/mol. The van der Waals surface area contributed by atoms with Crippen molar-refractivity contribution in [1.82, 2.24) is 10.3 Å². The zero-order chi connectivity index (χ0) is 23.3. The first-order valence-electron chi connectivity index (χ1n) is 10.1. The summed E-state index contributed by atoms with van der Waals surface area (Å²) in [6.07, 6.45) is 5.17. The molecule has 0 fully saturated rings. The van der Waals surface area contributed by atoms with Crippen LogP contribution < -0.4 is 10.9 Å². The second-order valence-corrected chi connectivity index (χ2v) is 9.59. The van der Waals surface area contributed by atoms with Gasteiger partial charge in [0.1, 0.15) is 0 Å². The van der Waals surface area contributed by atoms with E-state index in [1.165, 1.54) is 11.5 Å². The summed E-state index contributed by atoms with van der Waals surface area (Å²) in [4.78, 5) is 6.94. The van der Waals surface area contributed by atoms with Crippen molar-refractivity contribution in [3.8, 4) is 0 Å². The molecule has 2 aliphatic rings. The van der Waals surface area contributed by atoms with Crippen molar-refractivity contribution < 1.29 is 13.0 Å². The molecule has 0 spiro atoms. The summed E-state index contributed by atoms with van der Waals surface area (Å²) in [7, 11) is -0.277. The molecule has 0 saturated heterocycles. The maximum atomic E-state index is 11.8. The van der Waals surface area contributed by atoms with Gasteiger partial charge in [-0.2, -0.15) is 0 Å². The van der Waals surface area contributed by atoms with Gasteiger partial charge in [-0.3, -0.25) is 0 Å². The average Bonchev–Trinajstić information content (AvgIpc) is 3.34. The third-order valence-electron chi connectivity index (χ3n) is 4.92. The van der Waals surface area contributed by atoms with Crippen LogP contribution in [0, 0.1) is 0 Å². The normalized spacial score (nSPS) is 15.2. The van der Waals surface area contributed by atoms with E-state index in [4.69, 9.17) is 0 Å². The molecular formula is C21H24B3N3O3S2. The van der Waals surface area contributed by atoms with Crippen molar-refractivity contribution in [2.24, 2.45) is 4.90 Å². The van der Waals surface area contributed by atoms with Gasteiger partial charge in [0, 0.05) is 0 Å². The van der Waals surface area contributed by atoms with Gasteiger partial charge in [0.2, 0.25) is 0 Å². The average molecular weight is 463 g/mol. The van der Waals surface area contributed by atoms with E-state index in [2.05, 4.69) is 36.9 Å². The fourth-order valence-electron chi connectivity index (χ4n) is 3.29. The number of hydrazine groups is 1. The van der Waals surface area contributed by atoms with E-state index < -0.39 is 10.1 Å². The molecule has 11 heteroatoms. The standard InChI is InChI=1S/C17H15B2NO3S2.C4H9BN2/c1-12-11-20-19(18-12)15-9-8-14(17(10-15)25(21,22)23)7-6-13-4-2-3-5-16(13)24;1-4-3-6-7(2)5-4/h2-11,24H,1H3,(H,21,22,23);6H,3H2,1-2H3. The number of nitrogens with one attached hydrogen (secondary N) is 1. The number of rotatable bonds is 4. The van der Waals surface area contributed by atoms with Gasteiger partial charge < -0.3 is 0 Å². The monoisotopic (exact) mass is 463 g/mol. The number of benzene rings is 2. The summed E-state index contributed by atoms with van der Waals surface area (Å²) < 4.78 is 33.2. The molecule has 0 atom stereocenters. The molecule has 2 aromatic carbocycles. The molecule has 4 rings (SSSR count). The molecule has 0 radical (unpaired) electrons. The molecule has 0 unspecified atom stereocenters. The summed E-state index contributed by atoms with van der Waals surface area (Å²) in [5, 5.41) is 0. The van der Waals surface area contributed by atoms with Crippen LogP contribution >= 0.6 is 12.6 Å². The minimum atomic E-state index is -4.36. The Morgan fingerprint density at radius 2 is 1.91 bits per heavy atom. The van der Waals surface area contributed by atoms with Crippen molar-refractivity contribution in [3.05, 3.63) is 53.6 Å². The molecule has 0 amide bonds. The van der Waals surface area contributed by atoms with Crippen molar-refractivity contribution in [3.63, 3.8) is 0 Å². The van der Waals surface area contributed by atoms with Crippen LogP contribution in [0.15, 0.2) is 57.2 Å². The van der Waals surface area contributed by atoms with Gasteiger partial charge in [-0.1, -0.05) is 0 Å². The zero-order valence-electron chi connectivity index (χ0n) is 18.2. The quantitative estimate of drug-likeness (QED) is 0.276. The van der Waals surface area contributed by atoms with E-state index in [0.29, 0.717) is 11.0 Å². The van der Waals surface area contributed by atoms with Gasteiger partial charge in [-0.05, 0) is 0 Å². The number of hydrogen-bond donors (Lipinski definition) is 3. The van der Waals surface area contributed by atoms with Gasteiger partial charge in [-0.15, -0.1) is 0 Å². The summed E-state index contributed by atoms with van der Waals surface area (Å²) in [6.45, 7) is 6.76. The van der Waals surface area contributed by atoms with Crippen LogP contribution in [0.3, 0.4) is 0 Å². The Bertz CT molecular complexity index is 1230. The molecule has 2 heterocycles. The van der Waals surface area contributed by atoms with E-state index in [0.717, 1.165) is 22.5 Å². The summed E-state index contributed by atoms with van der Waals surface area (Å²) in [5.74, 6) is 0. The SMILES string of the molecule is CC1=BB(c2ccc(C=Cc3ccccc3S)c(S(=O)(=O)O)c2)N=C1.CC1=BN(C)NC1. The van der Waals surface area contributed by atoms with Crippen LogP contribution in [0.1, 0.15) is 25.0 Å². The molecular weight excluding hydrogens is 439 g/mol. The van der Waals surface area contributed by atoms with Crippen LogP contribution in [-0.2, 0) is 10.1 Å². The van der Waals surface area contributed by atoms with Gasteiger partial charge in [-0.25, -0.2) is 0 Å². The summed E-state index contributed by atoms with van der Waals surface area (Å²) >= 11 is 4.37. The predicted octanol–water partition coefficient (Wildman–Crippen LogP) is 1.32. The fraction of sp³-hybridized carbons (Fsp3) is 0.190. The first kappa shape index (κ1) is 24.4. The number of hydrogen-bond acceptors (Lipinski definition) is 6.